The fourth-order valence-corrected chi connectivity index (χ4v) is 1.53. The van der Waals surface area contributed by atoms with Crippen molar-refractivity contribution in [1.29, 1.82) is 0 Å². The molecule has 5 heteroatoms. The van der Waals surface area contributed by atoms with Gasteiger partial charge in [-0.2, -0.15) is 0 Å². The van der Waals surface area contributed by atoms with Crippen LogP contribution in [0.4, 0.5) is 4.79 Å². The second-order valence-electron chi connectivity index (χ2n) is 2.39. The minimum atomic E-state index is -0.362. The summed E-state index contributed by atoms with van der Waals surface area (Å²) in [7, 11) is 0. The van der Waals surface area contributed by atoms with Crippen molar-refractivity contribution in [2.75, 3.05) is 0 Å². The van der Waals surface area contributed by atoms with E-state index >= 15 is 0 Å². The second kappa shape index (κ2) is 4.08. The van der Waals surface area contributed by atoms with Gasteiger partial charge in [-0.1, -0.05) is 0 Å². The van der Waals surface area contributed by atoms with Crippen molar-refractivity contribution in [2.24, 2.45) is 5.84 Å². The molecule has 0 bridgehead atoms. The quantitative estimate of drug-likeness (QED) is 0.361. The molecule has 0 radical (unpaired) electrons. The Morgan fingerprint density at radius 2 is 2.50 bits per heavy atom. The lowest BCUT2D eigenvalue weighted by Gasteiger charge is -2.00. The number of carbonyl (C=O) groups is 1. The molecule has 0 unspecified atom stereocenters. The van der Waals surface area contributed by atoms with Crippen molar-refractivity contribution in [2.45, 2.75) is 13.5 Å². The molecule has 0 aromatic carbocycles. The Balaban J connectivity index is 2.38. The number of hydrogen-bond acceptors (Lipinski definition) is 3. The van der Waals surface area contributed by atoms with Crippen LogP contribution in [0.5, 0.6) is 0 Å². The highest BCUT2D eigenvalue weighted by Gasteiger charge is 1.98. The zero-order valence-electron chi connectivity index (χ0n) is 6.76. The predicted octanol–water partition coefficient (Wildman–Crippen LogP) is 0.729. The van der Waals surface area contributed by atoms with Gasteiger partial charge in [0.05, 0.1) is 0 Å². The van der Waals surface area contributed by atoms with Gasteiger partial charge in [0.15, 0.2) is 0 Å². The molecule has 1 heterocycles. The van der Waals surface area contributed by atoms with Crippen molar-refractivity contribution < 1.29 is 4.79 Å². The summed E-state index contributed by atoms with van der Waals surface area (Å²) in [4.78, 5) is 11.9. The van der Waals surface area contributed by atoms with Crippen LogP contribution in [-0.2, 0) is 6.54 Å². The lowest BCUT2D eigenvalue weighted by atomic mass is 10.3. The number of hydrogen-bond donors (Lipinski definition) is 3. The zero-order chi connectivity index (χ0) is 8.97. The van der Waals surface area contributed by atoms with Crippen molar-refractivity contribution in [3.8, 4) is 0 Å². The Bertz CT molecular complexity index is 271. The van der Waals surface area contributed by atoms with Gasteiger partial charge in [0.25, 0.3) is 0 Å². The maximum Gasteiger partial charge on any atom is 0.329 e. The monoisotopic (exact) mass is 185 g/mol. The maximum absolute atomic E-state index is 10.6. The fraction of sp³-hybridized carbons (Fsp3) is 0.286. The average molecular weight is 185 g/mol. The zero-order valence-corrected chi connectivity index (χ0v) is 7.57. The number of hydrazine groups is 1. The Kier molecular flexibility index (Phi) is 3.07. The van der Waals surface area contributed by atoms with E-state index in [1.54, 1.807) is 11.3 Å². The minimum absolute atomic E-state index is 0.362. The van der Waals surface area contributed by atoms with Crippen LogP contribution in [0.2, 0.25) is 0 Å². The highest BCUT2D eigenvalue weighted by molar-refractivity contribution is 7.10. The molecule has 4 nitrogen and oxygen atoms in total. The van der Waals surface area contributed by atoms with Crippen LogP contribution in [0.3, 0.4) is 0 Å². The fourth-order valence-electron chi connectivity index (χ4n) is 0.824. The van der Waals surface area contributed by atoms with Gasteiger partial charge in [0.2, 0.25) is 0 Å². The van der Waals surface area contributed by atoms with Crippen LogP contribution < -0.4 is 16.6 Å². The molecule has 0 aliphatic heterocycles. The molecule has 66 valence electrons. The second-order valence-corrected chi connectivity index (χ2v) is 3.51. The lowest BCUT2D eigenvalue weighted by molar-refractivity contribution is 0.241. The van der Waals surface area contributed by atoms with E-state index in [-0.39, 0.29) is 6.03 Å². The first kappa shape index (κ1) is 9.02. The van der Waals surface area contributed by atoms with Gasteiger partial charge in [-0.05, 0) is 23.9 Å². The predicted molar refractivity (Wildman–Crippen MR) is 48.6 cm³/mol. The lowest BCUT2D eigenvalue weighted by Crippen LogP contribution is -2.39. The SMILES string of the molecule is Cc1cc(CNC(=O)NN)cs1. The van der Waals surface area contributed by atoms with Crippen LogP contribution >= 0.6 is 11.3 Å². The number of thiophene rings is 1. The number of nitrogens with one attached hydrogen (secondary N) is 2. The third-order valence-corrected chi connectivity index (χ3v) is 2.28. The third kappa shape index (κ3) is 2.52. The van der Waals surface area contributed by atoms with E-state index in [9.17, 15) is 4.79 Å². The number of urea groups is 1. The normalized spacial score (nSPS) is 9.50. The summed E-state index contributed by atoms with van der Waals surface area (Å²) in [5, 5.41) is 4.60. The van der Waals surface area contributed by atoms with Gasteiger partial charge in [0, 0.05) is 11.4 Å². The first-order valence-electron chi connectivity index (χ1n) is 3.51. The average Bonchev–Trinajstić information content (AvgIpc) is 2.47. The summed E-state index contributed by atoms with van der Waals surface area (Å²) >= 11 is 1.66. The molecule has 0 saturated carbocycles. The van der Waals surface area contributed by atoms with Gasteiger partial charge >= 0.3 is 6.03 Å². The standard InChI is InChI=1S/C7H11N3OS/c1-5-2-6(4-12-5)3-9-7(11)10-8/h2,4H,3,8H2,1H3,(H2,9,10,11). The molecule has 0 aliphatic carbocycles. The van der Waals surface area contributed by atoms with Crippen molar-refractivity contribution in [3.63, 3.8) is 0 Å². The van der Waals surface area contributed by atoms with E-state index in [4.69, 9.17) is 5.84 Å². The van der Waals surface area contributed by atoms with E-state index in [1.807, 2.05) is 23.8 Å². The largest absolute Gasteiger partial charge is 0.333 e. The summed E-state index contributed by atoms with van der Waals surface area (Å²) in [6.45, 7) is 2.55. The van der Waals surface area contributed by atoms with E-state index in [0.29, 0.717) is 6.54 Å². The smallest absolute Gasteiger partial charge is 0.329 e. The van der Waals surface area contributed by atoms with E-state index in [2.05, 4.69) is 5.32 Å². The summed E-state index contributed by atoms with van der Waals surface area (Å²) in [5.41, 5.74) is 3.09. The molecule has 12 heavy (non-hydrogen) atoms. The number of carbonyl (C=O) groups excluding carboxylic acids is 1. The Morgan fingerprint density at radius 1 is 1.75 bits per heavy atom. The van der Waals surface area contributed by atoms with Crippen LogP contribution in [-0.4, -0.2) is 6.03 Å². The van der Waals surface area contributed by atoms with Crippen molar-refractivity contribution >= 4 is 17.4 Å². The van der Waals surface area contributed by atoms with Crippen LogP contribution in [0, 0.1) is 6.92 Å². The van der Waals surface area contributed by atoms with Gasteiger partial charge in [0.1, 0.15) is 0 Å². The number of aryl methyl sites for hydroxylation is 1. The molecule has 0 aliphatic rings. The van der Waals surface area contributed by atoms with Gasteiger partial charge in [-0.3, -0.25) is 5.43 Å². The Labute approximate surface area is 74.7 Å². The molecule has 1 aromatic rings. The first-order chi connectivity index (χ1) is 5.72. The Morgan fingerprint density at radius 3 is 3.00 bits per heavy atom. The van der Waals surface area contributed by atoms with Gasteiger partial charge in [-0.25, -0.2) is 10.6 Å². The molecule has 0 saturated heterocycles. The topological polar surface area (TPSA) is 67.2 Å². The van der Waals surface area contributed by atoms with Gasteiger partial charge < -0.3 is 5.32 Å². The molecule has 0 spiro atoms. The van der Waals surface area contributed by atoms with Crippen LogP contribution in [0.25, 0.3) is 0 Å². The Hall–Kier alpha value is -1.07. The summed E-state index contributed by atoms with van der Waals surface area (Å²) < 4.78 is 0. The van der Waals surface area contributed by atoms with Crippen LogP contribution in [0.15, 0.2) is 11.4 Å². The molecule has 0 atom stereocenters. The third-order valence-electron chi connectivity index (χ3n) is 1.37. The summed E-state index contributed by atoms with van der Waals surface area (Å²) in [6, 6.07) is 1.67. The number of rotatable bonds is 2. The highest BCUT2D eigenvalue weighted by atomic mass is 32.1. The molecule has 4 N–H and O–H groups in total. The maximum atomic E-state index is 10.6. The van der Waals surface area contributed by atoms with E-state index < -0.39 is 0 Å². The van der Waals surface area contributed by atoms with Crippen molar-refractivity contribution in [3.05, 3.63) is 21.9 Å². The first-order valence-corrected chi connectivity index (χ1v) is 4.39. The van der Waals surface area contributed by atoms with E-state index in [0.717, 1.165) is 5.56 Å². The van der Waals surface area contributed by atoms with Crippen molar-refractivity contribution in [1.82, 2.24) is 10.7 Å². The molecular weight excluding hydrogens is 174 g/mol. The minimum Gasteiger partial charge on any atom is -0.333 e. The van der Waals surface area contributed by atoms with Crippen LogP contribution in [0.1, 0.15) is 10.4 Å². The highest BCUT2D eigenvalue weighted by Crippen LogP contribution is 2.12. The molecule has 1 aromatic heterocycles. The summed E-state index contributed by atoms with van der Waals surface area (Å²) in [6.07, 6.45) is 0. The molecule has 2 amide bonds. The molecule has 0 fully saturated rings. The molecule has 1 rings (SSSR count). The summed E-state index contributed by atoms with van der Waals surface area (Å²) in [5.74, 6) is 4.88. The number of nitrogens with two attached hydrogens (primary N) is 1. The molecular formula is C7H11N3OS. The van der Waals surface area contributed by atoms with Gasteiger partial charge in [-0.15, -0.1) is 11.3 Å². The van der Waals surface area contributed by atoms with E-state index in [1.165, 1.54) is 4.88 Å². The number of amides is 2.